The molecule has 0 aliphatic rings. The Kier molecular flexibility index (Phi) is 4.43. The number of nitrogens with zero attached hydrogens (tertiary/aromatic N) is 1. The molecule has 0 fully saturated rings. The molecule has 0 aliphatic carbocycles. The highest BCUT2D eigenvalue weighted by Gasteiger charge is 2.10. The number of aryl methyl sites for hydroxylation is 1. The van der Waals surface area contributed by atoms with Gasteiger partial charge in [0.1, 0.15) is 5.82 Å². The van der Waals surface area contributed by atoms with Gasteiger partial charge in [0, 0.05) is 12.7 Å². The lowest BCUT2D eigenvalue weighted by Crippen LogP contribution is -2.35. The molecule has 0 saturated carbocycles. The van der Waals surface area contributed by atoms with E-state index in [9.17, 15) is 9.18 Å². The molecule has 0 heterocycles. The number of rotatable bonds is 4. The van der Waals surface area contributed by atoms with Gasteiger partial charge in [-0.1, -0.05) is 6.92 Å². The van der Waals surface area contributed by atoms with E-state index in [2.05, 4.69) is 5.32 Å². The summed E-state index contributed by atoms with van der Waals surface area (Å²) in [5.74, 6) is -0.288. The molecule has 1 aromatic carbocycles. The summed E-state index contributed by atoms with van der Waals surface area (Å²) in [5, 5.41) is 2.96. The third-order valence-electron chi connectivity index (χ3n) is 2.43. The fraction of sp³-hybridized carbons (Fsp3) is 0.417. The van der Waals surface area contributed by atoms with E-state index in [1.165, 1.54) is 11.0 Å². The number of carbonyl (C=O) groups excluding carboxylic acids is 1. The standard InChI is InChI=1S/C12H17FN2O/c1-4-14-8-12(16)15(3)10-5-6-11(13)9(2)7-10/h5-7,14H,4,8H2,1-3H3. The van der Waals surface area contributed by atoms with Crippen LogP contribution in [0.15, 0.2) is 18.2 Å². The van der Waals surface area contributed by atoms with Gasteiger partial charge >= 0.3 is 0 Å². The zero-order chi connectivity index (χ0) is 12.1. The average Bonchev–Trinajstić information content (AvgIpc) is 2.28. The van der Waals surface area contributed by atoms with Gasteiger partial charge in [0.05, 0.1) is 6.54 Å². The summed E-state index contributed by atoms with van der Waals surface area (Å²) in [7, 11) is 1.69. The van der Waals surface area contributed by atoms with Crippen LogP contribution in [0.1, 0.15) is 12.5 Å². The Morgan fingerprint density at radius 3 is 2.75 bits per heavy atom. The first-order chi connectivity index (χ1) is 7.56. The van der Waals surface area contributed by atoms with Crippen molar-refractivity contribution in [2.45, 2.75) is 13.8 Å². The van der Waals surface area contributed by atoms with Crippen LogP contribution >= 0.6 is 0 Å². The lowest BCUT2D eigenvalue weighted by molar-refractivity contribution is -0.117. The van der Waals surface area contributed by atoms with Crippen LogP contribution in [0.2, 0.25) is 0 Å². The zero-order valence-electron chi connectivity index (χ0n) is 9.88. The maximum Gasteiger partial charge on any atom is 0.240 e. The van der Waals surface area contributed by atoms with Crippen molar-refractivity contribution in [2.75, 3.05) is 25.0 Å². The predicted molar refractivity (Wildman–Crippen MR) is 63.1 cm³/mol. The number of anilines is 1. The Labute approximate surface area is 95.3 Å². The van der Waals surface area contributed by atoms with Crippen LogP contribution in [0.5, 0.6) is 0 Å². The molecule has 4 heteroatoms. The van der Waals surface area contributed by atoms with Crippen LogP contribution in [0, 0.1) is 12.7 Å². The summed E-state index contributed by atoms with van der Waals surface area (Å²) in [4.78, 5) is 13.2. The van der Waals surface area contributed by atoms with Crippen molar-refractivity contribution in [3.8, 4) is 0 Å². The van der Waals surface area contributed by atoms with Gasteiger partial charge < -0.3 is 10.2 Å². The minimum absolute atomic E-state index is 0.0344. The van der Waals surface area contributed by atoms with E-state index < -0.39 is 0 Å². The minimum atomic E-state index is -0.253. The fourth-order valence-corrected chi connectivity index (χ4v) is 1.33. The van der Waals surface area contributed by atoms with Crippen molar-refractivity contribution >= 4 is 11.6 Å². The second-order valence-corrected chi connectivity index (χ2v) is 3.67. The van der Waals surface area contributed by atoms with E-state index in [0.29, 0.717) is 17.8 Å². The van der Waals surface area contributed by atoms with Crippen molar-refractivity contribution in [3.05, 3.63) is 29.6 Å². The van der Waals surface area contributed by atoms with Crippen molar-refractivity contribution in [2.24, 2.45) is 0 Å². The number of hydrogen-bond donors (Lipinski definition) is 1. The van der Waals surface area contributed by atoms with Crippen LogP contribution in [-0.2, 0) is 4.79 Å². The molecule has 0 radical (unpaired) electrons. The topological polar surface area (TPSA) is 32.3 Å². The summed E-state index contributed by atoms with van der Waals surface area (Å²) in [6.45, 7) is 4.67. The number of nitrogens with one attached hydrogen (secondary N) is 1. The van der Waals surface area contributed by atoms with E-state index in [1.54, 1.807) is 26.1 Å². The number of halogens is 1. The van der Waals surface area contributed by atoms with Crippen LogP contribution in [0.4, 0.5) is 10.1 Å². The molecular formula is C12H17FN2O. The molecule has 0 aromatic heterocycles. The number of hydrogen-bond acceptors (Lipinski definition) is 2. The molecule has 3 nitrogen and oxygen atoms in total. The fourth-order valence-electron chi connectivity index (χ4n) is 1.33. The van der Waals surface area contributed by atoms with Crippen LogP contribution in [0.25, 0.3) is 0 Å². The Morgan fingerprint density at radius 1 is 1.50 bits per heavy atom. The molecule has 0 saturated heterocycles. The third kappa shape index (κ3) is 3.03. The van der Waals surface area contributed by atoms with Crippen molar-refractivity contribution in [1.82, 2.24) is 5.32 Å². The summed E-state index contributed by atoms with van der Waals surface area (Å²) < 4.78 is 13.1. The number of benzene rings is 1. The zero-order valence-corrected chi connectivity index (χ0v) is 9.88. The van der Waals surface area contributed by atoms with Gasteiger partial charge in [-0.3, -0.25) is 4.79 Å². The molecule has 1 N–H and O–H groups in total. The van der Waals surface area contributed by atoms with Crippen LogP contribution < -0.4 is 10.2 Å². The molecule has 0 spiro atoms. The molecule has 0 bridgehead atoms. The second kappa shape index (κ2) is 5.61. The Morgan fingerprint density at radius 2 is 2.19 bits per heavy atom. The van der Waals surface area contributed by atoms with Crippen LogP contribution in [0.3, 0.4) is 0 Å². The molecule has 0 atom stereocenters. The monoisotopic (exact) mass is 224 g/mol. The predicted octanol–water partition coefficient (Wildman–Crippen LogP) is 1.71. The van der Waals surface area contributed by atoms with Gasteiger partial charge in [-0.25, -0.2) is 4.39 Å². The average molecular weight is 224 g/mol. The second-order valence-electron chi connectivity index (χ2n) is 3.67. The Balaban J connectivity index is 2.75. The highest BCUT2D eigenvalue weighted by Crippen LogP contribution is 2.17. The quantitative estimate of drug-likeness (QED) is 0.844. The van der Waals surface area contributed by atoms with Gasteiger partial charge in [0.15, 0.2) is 0 Å². The lowest BCUT2D eigenvalue weighted by atomic mass is 10.2. The maximum atomic E-state index is 13.1. The summed E-state index contributed by atoms with van der Waals surface area (Å²) >= 11 is 0. The molecule has 1 rings (SSSR count). The van der Waals surface area contributed by atoms with Crippen molar-refractivity contribution in [1.29, 1.82) is 0 Å². The largest absolute Gasteiger partial charge is 0.314 e. The van der Waals surface area contributed by atoms with Crippen LogP contribution in [-0.4, -0.2) is 26.0 Å². The molecule has 1 amide bonds. The van der Waals surface area contributed by atoms with Gasteiger partial charge in [0.25, 0.3) is 0 Å². The lowest BCUT2D eigenvalue weighted by Gasteiger charge is -2.18. The van der Waals surface area contributed by atoms with E-state index in [1.807, 2.05) is 6.92 Å². The number of amides is 1. The normalized spacial score (nSPS) is 10.2. The van der Waals surface area contributed by atoms with Crippen molar-refractivity contribution < 1.29 is 9.18 Å². The summed E-state index contributed by atoms with van der Waals surface area (Å²) in [6.07, 6.45) is 0. The number of carbonyl (C=O) groups is 1. The molecule has 0 unspecified atom stereocenters. The first kappa shape index (κ1) is 12.6. The molecule has 0 aliphatic heterocycles. The Bertz CT molecular complexity index is 379. The molecule has 1 aromatic rings. The van der Waals surface area contributed by atoms with E-state index in [4.69, 9.17) is 0 Å². The summed E-state index contributed by atoms with van der Waals surface area (Å²) in [6, 6.07) is 4.65. The number of likely N-dealkylation sites (N-methyl/N-ethyl adjacent to an activating group) is 2. The maximum absolute atomic E-state index is 13.1. The van der Waals surface area contributed by atoms with E-state index >= 15 is 0 Å². The van der Waals surface area contributed by atoms with Gasteiger partial charge in [-0.2, -0.15) is 0 Å². The third-order valence-corrected chi connectivity index (χ3v) is 2.43. The first-order valence-electron chi connectivity index (χ1n) is 5.29. The highest BCUT2D eigenvalue weighted by atomic mass is 19.1. The Hall–Kier alpha value is -1.42. The molecule has 88 valence electrons. The van der Waals surface area contributed by atoms with E-state index in [-0.39, 0.29) is 11.7 Å². The van der Waals surface area contributed by atoms with Crippen molar-refractivity contribution in [3.63, 3.8) is 0 Å². The molecular weight excluding hydrogens is 207 g/mol. The first-order valence-corrected chi connectivity index (χ1v) is 5.29. The van der Waals surface area contributed by atoms with Gasteiger partial charge in [0.2, 0.25) is 5.91 Å². The van der Waals surface area contributed by atoms with Gasteiger partial charge in [-0.05, 0) is 37.2 Å². The smallest absolute Gasteiger partial charge is 0.240 e. The SMILES string of the molecule is CCNCC(=O)N(C)c1ccc(F)c(C)c1. The van der Waals surface area contributed by atoms with Gasteiger partial charge in [-0.15, -0.1) is 0 Å². The minimum Gasteiger partial charge on any atom is -0.314 e. The van der Waals surface area contributed by atoms with E-state index in [0.717, 1.165) is 6.54 Å². The summed E-state index contributed by atoms with van der Waals surface area (Å²) in [5.41, 5.74) is 1.25. The molecule has 16 heavy (non-hydrogen) atoms. The highest BCUT2D eigenvalue weighted by molar-refractivity contribution is 5.94.